The number of hydrogen-bond acceptors (Lipinski definition) is 3. The zero-order chi connectivity index (χ0) is 10.4. The Labute approximate surface area is 88.3 Å². The summed E-state index contributed by atoms with van der Waals surface area (Å²) in [7, 11) is 0. The molecule has 4 heteroatoms. The van der Waals surface area contributed by atoms with E-state index in [4.69, 9.17) is 0 Å². The average molecular weight is 210 g/mol. The number of aromatic nitrogens is 1. The van der Waals surface area contributed by atoms with E-state index < -0.39 is 0 Å². The Morgan fingerprint density at radius 3 is 2.71 bits per heavy atom. The van der Waals surface area contributed by atoms with Crippen molar-refractivity contribution in [2.75, 3.05) is 5.75 Å². The van der Waals surface area contributed by atoms with Gasteiger partial charge in [-0.1, -0.05) is 0 Å². The van der Waals surface area contributed by atoms with Gasteiger partial charge >= 0.3 is 0 Å². The van der Waals surface area contributed by atoms with Crippen LogP contribution in [0.1, 0.15) is 13.8 Å². The summed E-state index contributed by atoms with van der Waals surface area (Å²) in [6.45, 7) is 3.91. The summed E-state index contributed by atoms with van der Waals surface area (Å²) in [5, 5.41) is 2.84. The number of pyridine rings is 1. The van der Waals surface area contributed by atoms with Gasteiger partial charge in [0.1, 0.15) is 0 Å². The van der Waals surface area contributed by atoms with Crippen LogP contribution in [0.25, 0.3) is 0 Å². The van der Waals surface area contributed by atoms with Gasteiger partial charge in [0.25, 0.3) is 0 Å². The normalized spacial score (nSPS) is 10.2. The van der Waals surface area contributed by atoms with Crippen molar-refractivity contribution >= 4 is 17.7 Å². The van der Waals surface area contributed by atoms with E-state index in [0.717, 1.165) is 4.90 Å². The van der Waals surface area contributed by atoms with Crippen LogP contribution in [-0.4, -0.2) is 22.7 Å². The molecular weight excluding hydrogens is 196 g/mol. The van der Waals surface area contributed by atoms with Crippen LogP contribution in [0.5, 0.6) is 0 Å². The lowest BCUT2D eigenvalue weighted by Crippen LogP contribution is -2.31. The third-order valence-electron chi connectivity index (χ3n) is 1.47. The largest absolute Gasteiger partial charge is 0.353 e. The predicted molar refractivity (Wildman–Crippen MR) is 58.2 cm³/mol. The van der Waals surface area contributed by atoms with Gasteiger partial charge in [-0.05, 0) is 26.0 Å². The van der Waals surface area contributed by atoms with Crippen molar-refractivity contribution < 1.29 is 4.79 Å². The summed E-state index contributed by atoms with van der Waals surface area (Å²) >= 11 is 1.52. The minimum Gasteiger partial charge on any atom is -0.353 e. The summed E-state index contributed by atoms with van der Waals surface area (Å²) in [6.07, 6.45) is 3.45. The first-order valence-corrected chi connectivity index (χ1v) is 5.49. The number of thioether (sulfide) groups is 1. The fourth-order valence-corrected chi connectivity index (χ4v) is 1.64. The Bertz CT molecular complexity index is 287. The van der Waals surface area contributed by atoms with Crippen molar-refractivity contribution in [1.29, 1.82) is 0 Å². The van der Waals surface area contributed by atoms with Crippen molar-refractivity contribution in [2.45, 2.75) is 24.8 Å². The molecule has 1 amide bonds. The number of carbonyl (C=O) groups excluding carboxylic acids is 1. The quantitative estimate of drug-likeness (QED) is 0.769. The first kappa shape index (κ1) is 11.0. The Morgan fingerprint density at radius 2 is 2.14 bits per heavy atom. The number of nitrogens with one attached hydrogen (secondary N) is 1. The summed E-state index contributed by atoms with van der Waals surface area (Å²) in [5.74, 6) is 0.532. The monoisotopic (exact) mass is 210 g/mol. The van der Waals surface area contributed by atoms with Crippen LogP contribution >= 0.6 is 11.8 Å². The molecule has 1 aromatic heterocycles. The lowest BCUT2D eigenvalue weighted by atomic mass is 10.4. The summed E-state index contributed by atoms with van der Waals surface area (Å²) in [5.41, 5.74) is 0. The minimum atomic E-state index is 0.0711. The van der Waals surface area contributed by atoms with Gasteiger partial charge in [0.2, 0.25) is 5.91 Å². The molecule has 0 spiro atoms. The molecule has 0 fully saturated rings. The molecule has 0 bridgehead atoms. The number of amides is 1. The highest BCUT2D eigenvalue weighted by Crippen LogP contribution is 2.15. The number of carbonyl (C=O) groups is 1. The van der Waals surface area contributed by atoms with Crippen molar-refractivity contribution in [1.82, 2.24) is 10.3 Å². The molecule has 3 nitrogen and oxygen atoms in total. The van der Waals surface area contributed by atoms with Gasteiger partial charge in [0, 0.05) is 23.3 Å². The van der Waals surface area contributed by atoms with Gasteiger partial charge < -0.3 is 5.32 Å². The molecule has 0 atom stereocenters. The Balaban J connectivity index is 2.31. The molecule has 0 saturated carbocycles. The molecule has 0 saturated heterocycles. The Kier molecular flexibility index (Phi) is 4.46. The fourth-order valence-electron chi connectivity index (χ4n) is 0.947. The molecule has 1 heterocycles. The Hall–Kier alpha value is -1.03. The SMILES string of the molecule is CC(C)NC(=O)CSc1ccncc1. The zero-order valence-electron chi connectivity index (χ0n) is 8.36. The van der Waals surface area contributed by atoms with Crippen LogP contribution in [0.3, 0.4) is 0 Å². The maximum absolute atomic E-state index is 11.3. The third kappa shape index (κ3) is 4.28. The van der Waals surface area contributed by atoms with E-state index in [9.17, 15) is 4.79 Å². The lowest BCUT2D eigenvalue weighted by Gasteiger charge is -2.07. The zero-order valence-corrected chi connectivity index (χ0v) is 9.17. The molecule has 0 radical (unpaired) electrons. The topological polar surface area (TPSA) is 42.0 Å². The molecule has 14 heavy (non-hydrogen) atoms. The highest BCUT2D eigenvalue weighted by Gasteiger charge is 2.03. The van der Waals surface area contributed by atoms with Crippen LogP contribution in [0.2, 0.25) is 0 Å². The van der Waals surface area contributed by atoms with Crippen molar-refractivity contribution in [3.8, 4) is 0 Å². The van der Waals surface area contributed by atoms with Crippen LogP contribution in [-0.2, 0) is 4.79 Å². The van der Waals surface area contributed by atoms with E-state index in [0.29, 0.717) is 5.75 Å². The molecule has 0 aliphatic rings. The van der Waals surface area contributed by atoms with E-state index in [2.05, 4.69) is 10.3 Å². The fraction of sp³-hybridized carbons (Fsp3) is 0.400. The van der Waals surface area contributed by atoms with Gasteiger partial charge in [0.15, 0.2) is 0 Å². The summed E-state index contributed by atoms with van der Waals surface area (Å²) < 4.78 is 0. The van der Waals surface area contributed by atoms with Crippen molar-refractivity contribution in [3.05, 3.63) is 24.5 Å². The van der Waals surface area contributed by atoms with Crippen LogP contribution < -0.4 is 5.32 Å². The molecule has 0 aromatic carbocycles. The molecule has 1 N–H and O–H groups in total. The predicted octanol–water partition coefficient (Wildman–Crippen LogP) is 1.70. The maximum atomic E-state index is 11.3. The summed E-state index contributed by atoms with van der Waals surface area (Å²) in [4.78, 5) is 16.3. The van der Waals surface area contributed by atoms with Gasteiger partial charge in [-0.25, -0.2) is 0 Å². The van der Waals surface area contributed by atoms with E-state index in [1.165, 1.54) is 11.8 Å². The molecule has 0 aliphatic carbocycles. The third-order valence-corrected chi connectivity index (χ3v) is 2.48. The van der Waals surface area contributed by atoms with Crippen molar-refractivity contribution in [3.63, 3.8) is 0 Å². The van der Waals surface area contributed by atoms with E-state index in [-0.39, 0.29) is 11.9 Å². The van der Waals surface area contributed by atoms with Crippen LogP contribution in [0.15, 0.2) is 29.4 Å². The van der Waals surface area contributed by atoms with E-state index in [1.807, 2.05) is 26.0 Å². The summed E-state index contributed by atoms with van der Waals surface area (Å²) in [6, 6.07) is 4.00. The Morgan fingerprint density at radius 1 is 1.50 bits per heavy atom. The molecule has 0 unspecified atom stereocenters. The van der Waals surface area contributed by atoms with Crippen LogP contribution in [0, 0.1) is 0 Å². The minimum absolute atomic E-state index is 0.0711. The second-order valence-electron chi connectivity index (χ2n) is 3.19. The highest BCUT2D eigenvalue weighted by molar-refractivity contribution is 8.00. The van der Waals surface area contributed by atoms with Gasteiger partial charge in [-0.3, -0.25) is 9.78 Å². The molecule has 76 valence electrons. The number of hydrogen-bond donors (Lipinski definition) is 1. The average Bonchev–Trinajstić information content (AvgIpc) is 2.15. The van der Waals surface area contributed by atoms with E-state index in [1.54, 1.807) is 12.4 Å². The first-order valence-electron chi connectivity index (χ1n) is 4.50. The second-order valence-corrected chi connectivity index (χ2v) is 4.24. The molecule has 1 rings (SSSR count). The standard InChI is InChI=1S/C10H14N2OS/c1-8(2)12-10(13)7-14-9-3-5-11-6-4-9/h3-6,8H,7H2,1-2H3,(H,12,13). The number of rotatable bonds is 4. The van der Waals surface area contributed by atoms with Crippen LogP contribution in [0.4, 0.5) is 0 Å². The lowest BCUT2D eigenvalue weighted by molar-refractivity contribution is -0.119. The number of nitrogens with zero attached hydrogens (tertiary/aromatic N) is 1. The smallest absolute Gasteiger partial charge is 0.230 e. The highest BCUT2D eigenvalue weighted by atomic mass is 32.2. The molecule has 0 aliphatic heterocycles. The molecular formula is C10H14N2OS. The second kappa shape index (κ2) is 5.65. The maximum Gasteiger partial charge on any atom is 0.230 e. The van der Waals surface area contributed by atoms with E-state index >= 15 is 0 Å². The van der Waals surface area contributed by atoms with Gasteiger partial charge in [-0.15, -0.1) is 11.8 Å². The molecule has 1 aromatic rings. The van der Waals surface area contributed by atoms with Crippen molar-refractivity contribution in [2.24, 2.45) is 0 Å². The first-order chi connectivity index (χ1) is 6.68. The van der Waals surface area contributed by atoms with Gasteiger partial charge in [-0.2, -0.15) is 0 Å². The van der Waals surface area contributed by atoms with Gasteiger partial charge in [0.05, 0.1) is 5.75 Å².